The van der Waals surface area contributed by atoms with E-state index in [9.17, 15) is 28.5 Å². The Morgan fingerprint density at radius 1 is 1.10 bits per heavy atom. The van der Waals surface area contributed by atoms with Gasteiger partial charge in [-0.2, -0.15) is 27.8 Å². The third-order valence-corrected chi connectivity index (χ3v) is 6.68. The van der Waals surface area contributed by atoms with Gasteiger partial charge in [0.1, 0.15) is 24.0 Å². The van der Waals surface area contributed by atoms with Crippen molar-refractivity contribution in [3.8, 4) is 17.2 Å². The molecule has 13 nitrogen and oxygen atoms in total. The fourth-order valence-electron chi connectivity index (χ4n) is 4.57. The lowest BCUT2D eigenvalue weighted by Gasteiger charge is -2.17. The van der Waals surface area contributed by atoms with Gasteiger partial charge >= 0.3 is 6.18 Å². The van der Waals surface area contributed by atoms with Crippen LogP contribution in [0.4, 0.5) is 19.0 Å². The normalized spacial score (nSPS) is 25.5. The van der Waals surface area contributed by atoms with E-state index in [1.165, 1.54) is 33.9 Å². The lowest BCUT2D eigenvalue weighted by molar-refractivity contribution is -0.137. The van der Waals surface area contributed by atoms with Crippen molar-refractivity contribution in [2.75, 3.05) is 25.1 Å². The van der Waals surface area contributed by atoms with Gasteiger partial charge in [0, 0.05) is 12.2 Å². The highest BCUT2D eigenvalue weighted by molar-refractivity contribution is 5.84. The fraction of sp³-hybridized carbons (Fsp3) is 0.435. The summed E-state index contributed by atoms with van der Waals surface area (Å²) >= 11 is 0. The van der Waals surface area contributed by atoms with Crippen molar-refractivity contribution < 1.29 is 38.0 Å². The number of aliphatic hydroxyl groups is 3. The summed E-state index contributed by atoms with van der Waals surface area (Å²) in [4.78, 5) is 13.5. The van der Waals surface area contributed by atoms with Gasteiger partial charge in [-0.1, -0.05) is 17.3 Å². The zero-order valence-corrected chi connectivity index (χ0v) is 20.1. The number of benzene rings is 1. The summed E-state index contributed by atoms with van der Waals surface area (Å²) < 4.78 is 52.6. The summed E-state index contributed by atoms with van der Waals surface area (Å²) in [6.07, 6.45) is -5.65. The molecule has 6 rings (SSSR count). The minimum atomic E-state index is -4.46. The Morgan fingerprint density at radius 3 is 2.56 bits per heavy atom. The maximum absolute atomic E-state index is 12.9. The number of hydrogen-bond acceptors (Lipinski definition) is 11. The Bertz CT molecular complexity index is 1470. The Labute approximate surface area is 217 Å². The number of aliphatic hydroxyl groups excluding tert-OH is 3. The molecular formula is C23H23F3N8O5. The molecule has 0 spiro atoms. The van der Waals surface area contributed by atoms with Crippen LogP contribution < -0.4 is 5.32 Å². The number of ether oxygens (including phenoxy) is 2. The highest BCUT2D eigenvalue weighted by Gasteiger charge is 2.44. The first-order chi connectivity index (χ1) is 18.7. The Morgan fingerprint density at radius 2 is 1.90 bits per heavy atom. The van der Waals surface area contributed by atoms with Crippen molar-refractivity contribution >= 4 is 17.0 Å². The molecule has 39 heavy (non-hydrogen) atoms. The van der Waals surface area contributed by atoms with Crippen LogP contribution in [0.2, 0.25) is 0 Å². The van der Waals surface area contributed by atoms with E-state index in [1.54, 1.807) is 0 Å². The molecule has 0 bridgehead atoms. The van der Waals surface area contributed by atoms with E-state index < -0.39 is 42.9 Å². The summed E-state index contributed by atoms with van der Waals surface area (Å²) in [7, 11) is 0. The SMILES string of the molecule is OCC1OC(n2cnc3c(N[C@@H]4CCOC4)nc(-n4cc(-c5ccc(C(F)(F)F)cc5)nn4)nc32)C(O)C1O. The first-order valence-corrected chi connectivity index (χ1v) is 12.0. The van der Waals surface area contributed by atoms with Crippen molar-refractivity contribution in [3.05, 3.63) is 42.4 Å². The van der Waals surface area contributed by atoms with E-state index in [2.05, 4.69) is 30.6 Å². The first-order valence-electron chi connectivity index (χ1n) is 12.0. The molecule has 4 aromatic rings. The largest absolute Gasteiger partial charge is 0.416 e. The van der Waals surface area contributed by atoms with Crippen molar-refractivity contribution in [2.24, 2.45) is 0 Å². The topological polar surface area (TPSA) is 165 Å². The monoisotopic (exact) mass is 548 g/mol. The van der Waals surface area contributed by atoms with E-state index in [-0.39, 0.29) is 17.6 Å². The molecule has 2 saturated heterocycles. The van der Waals surface area contributed by atoms with Crippen molar-refractivity contribution in [1.82, 2.24) is 34.5 Å². The number of rotatable bonds is 6. The van der Waals surface area contributed by atoms with Gasteiger partial charge in [0.05, 0.1) is 37.3 Å². The molecule has 0 aliphatic carbocycles. The number of anilines is 1. The standard InChI is InChI=1S/C23H23F3N8O5/c24-23(25,26)12-3-1-11(2-4-12)14-7-34(32-31-14)22-29-19(28-13-5-6-38-9-13)16-20(30-22)33(10-27-16)21-18(37)17(36)15(8-35)39-21/h1-4,7,10,13,15,17-18,21,35-37H,5-6,8-9H2,(H,28,29,30)/t13-,15?,17?,18?,21?/m1/s1. The molecule has 0 saturated carbocycles. The predicted molar refractivity (Wildman–Crippen MR) is 127 cm³/mol. The fourth-order valence-corrected chi connectivity index (χ4v) is 4.57. The number of nitrogens with one attached hydrogen (secondary N) is 1. The van der Waals surface area contributed by atoms with Gasteiger partial charge in [-0.3, -0.25) is 4.57 Å². The number of nitrogens with zero attached hydrogens (tertiary/aromatic N) is 7. The van der Waals surface area contributed by atoms with Gasteiger partial charge in [0.15, 0.2) is 23.2 Å². The van der Waals surface area contributed by atoms with E-state index >= 15 is 0 Å². The third-order valence-electron chi connectivity index (χ3n) is 6.68. The van der Waals surface area contributed by atoms with Gasteiger partial charge in [-0.25, -0.2) is 4.98 Å². The summed E-state index contributed by atoms with van der Waals surface area (Å²) in [5.74, 6) is 0.408. The van der Waals surface area contributed by atoms with Crippen LogP contribution in [0, 0.1) is 0 Å². The van der Waals surface area contributed by atoms with Gasteiger partial charge in [-0.05, 0) is 18.6 Å². The Kier molecular flexibility index (Phi) is 6.43. The van der Waals surface area contributed by atoms with Crippen LogP contribution in [-0.4, -0.2) is 94.0 Å². The quantitative estimate of drug-likeness (QED) is 0.271. The molecule has 2 aliphatic heterocycles. The number of fused-ring (bicyclic) bond motifs is 1. The molecule has 4 unspecified atom stereocenters. The minimum Gasteiger partial charge on any atom is -0.394 e. The molecule has 5 heterocycles. The lowest BCUT2D eigenvalue weighted by Crippen LogP contribution is -2.33. The highest BCUT2D eigenvalue weighted by atomic mass is 19.4. The zero-order valence-electron chi connectivity index (χ0n) is 20.1. The molecule has 4 N–H and O–H groups in total. The molecule has 5 atom stereocenters. The second-order valence-corrected chi connectivity index (χ2v) is 9.25. The van der Waals surface area contributed by atoms with Crippen LogP contribution in [-0.2, 0) is 15.7 Å². The molecule has 206 valence electrons. The van der Waals surface area contributed by atoms with Crippen molar-refractivity contribution in [1.29, 1.82) is 0 Å². The average Bonchev–Trinajstić information content (AvgIpc) is 3.72. The number of halogens is 3. The van der Waals surface area contributed by atoms with Gasteiger partial charge in [-0.15, -0.1) is 5.10 Å². The van der Waals surface area contributed by atoms with E-state index in [4.69, 9.17) is 9.47 Å². The maximum Gasteiger partial charge on any atom is 0.416 e. The Hall–Kier alpha value is -3.70. The smallest absolute Gasteiger partial charge is 0.394 e. The summed E-state index contributed by atoms with van der Waals surface area (Å²) in [6, 6.07) is 4.47. The molecule has 16 heteroatoms. The third kappa shape index (κ3) is 4.70. The van der Waals surface area contributed by atoms with Crippen molar-refractivity contribution in [3.63, 3.8) is 0 Å². The number of alkyl halides is 3. The predicted octanol–water partition coefficient (Wildman–Crippen LogP) is 0.905. The zero-order chi connectivity index (χ0) is 27.3. The van der Waals surface area contributed by atoms with Gasteiger partial charge in [0.2, 0.25) is 0 Å². The van der Waals surface area contributed by atoms with Gasteiger partial charge < -0.3 is 30.1 Å². The summed E-state index contributed by atoms with van der Waals surface area (Å²) in [5, 5.41) is 41.7. The molecule has 2 fully saturated rings. The lowest BCUT2D eigenvalue weighted by atomic mass is 10.1. The van der Waals surface area contributed by atoms with Crippen molar-refractivity contribution in [2.45, 2.75) is 43.2 Å². The highest BCUT2D eigenvalue weighted by Crippen LogP contribution is 2.34. The molecule has 0 radical (unpaired) electrons. The molecule has 0 amide bonds. The van der Waals surface area contributed by atoms with E-state index in [0.717, 1.165) is 18.6 Å². The summed E-state index contributed by atoms with van der Waals surface area (Å²) in [5.41, 5.74) is 0.517. The molecule has 1 aromatic carbocycles. The van der Waals surface area contributed by atoms with Crippen LogP contribution in [0.5, 0.6) is 0 Å². The first kappa shape index (κ1) is 25.6. The van der Waals surface area contributed by atoms with E-state index in [1.807, 2.05) is 0 Å². The second-order valence-electron chi connectivity index (χ2n) is 9.25. The van der Waals surface area contributed by atoms with Crippen LogP contribution in [0.15, 0.2) is 36.8 Å². The van der Waals surface area contributed by atoms with Gasteiger partial charge in [0.25, 0.3) is 5.95 Å². The van der Waals surface area contributed by atoms with Crippen LogP contribution in [0.25, 0.3) is 28.4 Å². The molecular weight excluding hydrogens is 525 g/mol. The number of imidazole rings is 1. The molecule has 3 aromatic heterocycles. The molecule has 2 aliphatic rings. The maximum atomic E-state index is 12.9. The van der Waals surface area contributed by atoms with Crippen LogP contribution in [0.1, 0.15) is 18.2 Å². The Balaban J connectivity index is 1.39. The minimum absolute atomic E-state index is 0.0477. The van der Waals surface area contributed by atoms with Crippen LogP contribution >= 0.6 is 0 Å². The number of aromatic nitrogens is 7. The summed E-state index contributed by atoms with van der Waals surface area (Å²) in [6.45, 7) is 0.537. The average molecular weight is 548 g/mol. The van der Waals surface area contributed by atoms with Crippen LogP contribution in [0.3, 0.4) is 0 Å². The second kappa shape index (κ2) is 9.80. The van der Waals surface area contributed by atoms with E-state index in [0.29, 0.717) is 35.8 Å². The number of hydrogen-bond donors (Lipinski definition) is 4.